The zero-order chi connectivity index (χ0) is 23.3. The van der Waals surface area contributed by atoms with E-state index in [1.54, 1.807) is 0 Å². The molecule has 0 fully saturated rings. The van der Waals surface area contributed by atoms with Crippen molar-refractivity contribution in [3.8, 4) is 11.1 Å². The minimum Gasteiger partial charge on any atom is -0.480 e. The maximum absolute atomic E-state index is 12.4. The van der Waals surface area contributed by atoms with Gasteiger partial charge in [0, 0.05) is 24.8 Å². The standard InChI is InChI=1S/C23H24F2N2O5/c1-13(10-21(28)27-19(22(29)30)11-20(24)25)26-23(31)32-12-18-16-8-4-2-6-14(16)15-7-3-5-9-17(15)18/h2-9,13,18-20H,10-12H2,1H3,(H,26,31)(H,27,28)(H,29,30)/t13-,19?/m1/s1. The number of fused-ring (bicyclic) bond motifs is 3. The molecule has 3 N–H and O–H groups in total. The van der Waals surface area contributed by atoms with Gasteiger partial charge in [-0.25, -0.2) is 18.4 Å². The molecule has 2 aromatic rings. The number of benzene rings is 2. The fourth-order valence-corrected chi connectivity index (χ4v) is 3.82. The summed E-state index contributed by atoms with van der Waals surface area (Å²) in [4.78, 5) is 35.2. The number of rotatable bonds is 9. The summed E-state index contributed by atoms with van der Waals surface area (Å²) in [5, 5.41) is 13.5. The SMILES string of the molecule is C[C@H](CC(=O)NC(CC(F)F)C(=O)O)NC(=O)OCC1c2ccccc2-c2ccccc21. The number of halogens is 2. The maximum atomic E-state index is 12.4. The van der Waals surface area contributed by atoms with Crippen LogP contribution in [0.25, 0.3) is 11.1 Å². The molecule has 0 spiro atoms. The number of carboxylic acid groups (broad SMARTS) is 1. The minimum atomic E-state index is -2.87. The van der Waals surface area contributed by atoms with Gasteiger partial charge in [0.05, 0.1) is 0 Å². The van der Waals surface area contributed by atoms with E-state index in [-0.39, 0.29) is 18.9 Å². The predicted octanol–water partition coefficient (Wildman–Crippen LogP) is 3.53. The van der Waals surface area contributed by atoms with Gasteiger partial charge in [0.25, 0.3) is 0 Å². The number of aliphatic carboxylic acids is 1. The first-order chi connectivity index (χ1) is 15.3. The second-order valence-corrected chi connectivity index (χ2v) is 7.66. The number of hydrogen-bond acceptors (Lipinski definition) is 4. The van der Waals surface area contributed by atoms with Crippen molar-refractivity contribution in [1.82, 2.24) is 10.6 Å². The molecular formula is C23H24F2N2O5. The average Bonchev–Trinajstić information content (AvgIpc) is 3.05. The summed E-state index contributed by atoms with van der Waals surface area (Å²) in [5.41, 5.74) is 4.32. The molecule has 3 rings (SSSR count). The summed E-state index contributed by atoms with van der Waals surface area (Å²) in [6.45, 7) is 1.64. The number of hydrogen-bond donors (Lipinski definition) is 3. The van der Waals surface area contributed by atoms with Crippen LogP contribution in [0.5, 0.6) is 0 Å². The van der Waals surface area contributed by atoms with Crippen molar-refractivity contribution in [2.45, 2.75) is 44.2 Å². The Morgan fingerprint density at radius 1 is 1.00 bits per heavy atom. The number of ether oxygens (including phenoxy) is 1. The van der Waals surface area contributed by atoms with Gasteiger partial charge in [-0.3, -0.25) is 4.79 Å². The zero-order valence-corrected chi connectivity index (χ0v) is 17.4. The van der Waals surface area contributed by atoms with Gasteiger partial charge >= 0.3 is 12.1 Å². The molecule has 1 aliphatic carbocycles. The molecule has 170 valence electrons. The van der Waals surface area contributed by atoms with Crippen LogP contribution in [0, 0.1) is 0 Å². The molecule has 1 aliphatic rings. The highest BCUT2D eigenvalue weighted by Crippen LogP contribution is 2.44. The first kappa shape index (κ1) is 23.2. The van der Waals surface area contributed by atoms with Gasteiger partial charge in [0.1, 0.15) is 12.6 Å². The molecule has 2 atom stereocenters. The van der Waals surface area contributed by atoms with Crippen molar-refractivity contribution in [3.05, 3.63) is 59.7 Å². The predicted molar refractivity (Wildman–Crippen MR) is 112 cm³/mol. The lowest BCUT2D eigenvalue weighted by molar-refractivity contribution is -0.143. The Balaban J connectivity index is 1.52. The number of amides is 2. The van der Waals surface area contributed by atoms with Crippen LogP contribution in [-0.4, -0.2) is 48.2 Å². The fraction of sp³-hybridized carbons (Fsp3) is 0.348. The van der Waals surface area contributed by atoms with Crippen LogP contribution in [0.15, 0.2) is 48.5 Å². The highest BCUT2D eigenvalue weighted by molar-refractivity contribution is 5.84. The van der Waals surface area contributed by atoms with Crippen LogP contribution in [0.3, 0.4) is 0 Å². The molecule has 0 heterocycles. The first-order valence-electron chi connectivity index (χ1n) is 10.2. The summed E-state index contributed by atoms with van der Waals surface area (Å²) >= 11 is 0. The van der Waals surface area contributed by atoms with E-state index >= 15 is 0 Å². The Bertz CT molecular complexity index is 952. The molecule has 9 heteroatoms. The van der Waals surface area contributed by atoms with Crippen molar-refractivity contribution < 1.29 is 33.0 Å². The summed E-state index contributed by atoms with van der Waals surface area (Å²) in [6.07, 6.45) is -4.87. The third-order valence-electron chi connectivity index (χ3n) is 5.25. The van der Waals surface area contributed by atoms with Crippen LogP contribution >= 0.6 is 0 Å². The van der Waals surface area contributed by atoms with Gasteiger partial charge < -0.3 is 20.5 Å². The lowest BCUT2D eigenvalue weighted by Crippen LogP contribution is -2.45. The van der Waals surface area contributed by atoms with Crippen molar-refractivity contribution in [1.29, 1.82) is 0 Å². The van der Waals surface area contributed by atoms with E-state index in [0.717, 1.165) is 22.3 Å². The summed E-state index contributed by atoms with van der Waals surface area (Å²) < 4.78 is 30.3. The summed E-state index contributed by atoms with van der Waals surface area (Å²) in [5.74, 6) is -2.42. The van der Waals surface area contributed by atoms with E-state index in [4.69, 9.17) is 9.84 Å². The molecule has 0 saturated heterocycles. The van der Waals surface area contributed by atoms with Crippen LogP contribution in [0.4, 0.5) is 13.6 Å². The van der Waals surface area contributed by atoms with Gasteiger partial charge in [0.2, 0.25) is 12.3 Å². The second kappa shape index (κ2) is 10.2. The molecule has 0 bridgehead atoms. The van der Waals surface area contributed by atoms with Crippen LogP contribution in [0.2, 0.25) is 0 Å². The molecule has 7 nitrogen and oxygen atoms in total. The Morgan fingerprint density at radius 3 is 2.09 bits per heavy atom. The second-order valence-electron chi connectivity index (χ2n) is 7.66. The normalized spacial score (nSPS) is 14.2. The quantitative estimate of drug-likeness (QED) is 0.547. The van der Waals surface area contributed by atoms with Gasteiger partial charge in [-0.15, -0.1) is 0 Å². The van der Waals surface area contributed by atoms with E-state index in [0.29, 0.717) is 0 Å². The minimum absolute atomic E-state index is 0.105. The number of carbonyl (C=O) groups is 3. The third-order valence-corrected chi connectivity index (χ3v) is 5.25. The number of nitrogens with one attached hydrogen (secondary N) is 2. The van der Waals surface area contributed by atoms with Gasteiger partial charge in [-0.05, 0) is 29.2 Å². The molecule has 2 aromatic carbocycles. The van der Waals surface area contributed by atoms with Gasteiger partial charge in [-0.1, -0.05) is 48.5 Å². The fourth-order valence-electron chi connectivity index (χ4n) is 3.82. The van der Waals surface area contributed by atoms with Crippen LogP contribution in [0.1, 0.15) is 36.8 Å². The van der Waals surface area contributed by atoms with E-state index in [1.165, 1.54) is 6.92 Å². The molecule has 32 heavy (non-hydrogen) atoms. The Labute approximate surface area is 183 Å². The molecule has 0 aromatic heterocycles. The lowest BCUT2D eigenvalue weighted by Gasteiger charge is -2.18. The van der Waals surface area contributed by atoms with Crippen LogP contribution < -0.4 is 10.6 Å². The lowest BCUT2D eigenvalue weighted by atomic mass is 9.98. The van der Waals surface area contributed by atoms with E-state index < -0.39 is 42.9 Å². The Kier molecular flexibility index (Phi) is 7.40. The smallest absolute Gasteiger partial charge is 0.407 e. The van der Waals surface area contributed by atoms with Crippen molar-refractivity contribution in [2.24, 2.45) is 0 Å². The van der Waals surface area contributed by atoms with E-state index in [2.05, 4.69) is 5.32 Å². The molecular weight excluding hydrogens is 422 g/mol. The van der Waals surface area contributed by atoms with Gasteiger partial charge in [-0.2, -0.15) is 0 Å². The number of alkyl halides is 2. The maximum Gasteiger partial charge on any atom is 0.407 e. The third kappa shape index (κ3) is 5.60. The van der Waals surface area contributed by atoms with Crippen molar-refractivity contribution >= 4 is 18.0 Å². The number of carbonyl (C=O) groups excluding carboxylic acids is 2. The molecule has 0 radical (unpaired) electrons. The van der Waals surface area contributed by atoms with Crippen LogP contribution in [-0.2, 0) is 14.3 Å². The molecule has 1 unspecified atom stereocenters. The van der Waals surface area contributed by atoms with E-state index in [1.807, 2.05) is 53.8 Å². The topological polar surface area (TPSA) is 105 Å². The Hall–Kier alpha value is -3.49. The monoisotopic (exact) mass is 446 g/mol. The average molecular weight is 446 g/mol. The molecule has 0 saturated carbocycles. The highest BCUT2D eigenvalue weighted by Gasteiger charge is 2.29. The zero-order valence-electron chi connectivity index (χ0n) is 17.4. The highest BCUT2D eigenvalue weighted by atomic mass is 19.3. The molecule has 2 amide bonds. The number of alkyl carbamates (subject to hydrolysis) is 1. The summed E-state index contributed by atoms with van der Waals surface area (Å²) in [6, 6.07) is 13.4. The van der Waals surface area contributed by atoms with Crippen molar-refractivity contribution in [2.75, 3.05) is 6.61 Å². The largest absolute Gasteiger partial charge is 0.480 e. The first-order valence-corrected chi connectivity index (χ1v) is 10.2. The Morgan fingerprint density at radius 2 is 1.56 bits per heavy atom. The van der Waals surface area contributed by atoms with Crippen molar-refractivity contribution in [3.63, 3.8) is 0 Å². The van der Waals surface area contributed by atoms with E-state index in [9.17, 15) is 23.2 Å². The molecule has 0 aliphatic heterocycles. The summed E-state index contributed by atoms with van der Waals surface area (Å²) in [7, 11) is 0. The number of carboxylic acids is 1. The van der Waals surface area contributed by atoms with Gasteiger partial charge in [0.15, 0.2) is 0 Å².